The molecule has 1 saturated heterocycles. The Morgan fingerprint density at radius 2 is 1.92 bits per heavy atom. The first kappa shape index (κ1) is 22.0. The minimum absolute atomic E-state index is 0. The molecule has 0 amide bonds. The molecular weight excluding hydrogens is 360 g/mol. The van der Waals surface area contributed by atoms with Gasteiger partial charge in [0.25, 0.3) is 0 Å². The van der Waals surface area contributed by atoms with Crippen molar-refractivity contribution in [3.63, 3.8) is 0 Å². The number of rotatable bonds is 8. The Bertz CT molecular complexity index is 513. The second-order valence-electron chi connectivity index (χ2n) is 5.98. The van der Waals surface area contributed by atoms with Gasteiger partial charge in [-0.3, -0.25) is 4.90 Å². The molecule has 1 heterocycles. The molecule has 1 atom stereocenters. The maximum atomic E-state index is 13.1. The summed E-state index contributed by atoms with van der Waals surface area (Å²) in [6, 6.07) is 6.24. The number of alkyl halides is 4. The van der Waals surface area contributed by atoms with Crippen LogP contribution in [0.15, 0.2) is 24.3 Å². The molecule has 8 heteroatoms. The second kappa shape index (κ2) is 10.2. The van der Waals surface area contributed by atoms with Gasteiger partial charge in [-0.2, -0.15) is 17.6 Å². The Labute approximate surface area is 152 Å². The molecule has 1 aromatic carbocycles. The number of nitrogens with one attached hydrogen (secondary N) is 1. The van der Waals surface area contributed by atoms with E-state index in [2.05, 4.69) is 21.9 Å². The van der Waals surface area contributed by atoms with Crippen molar-refractivity contribution in [1.29, 1.82) is 0 Å². The number of nitrogens with zero attached hydrogens (tertiary/aromatic N) is 1. The van der Waals surface area contributed by atoms with Crippen LogP contribution in [-0.2, 0) is 0 Å². The molecule has 1 aromatic rings. The fourth-order valence-corrected chi connectivity index (χ4v) is 2.94. The van der Waals surface area contributed by atoms with E-state index in [1.165, 1.54) is 12.1 Å². The zero-order valence-corrected chi connectivity index (χ0v) is 15.0. The number of hydrogen-bond donors (Lipinski definition) is 1. The SMILES string of the molecule is CCCC[C@@H](c1cccc(OC(F)(F)C(F)F)c1)N1CCNCC1.Cl. The van der Waals surface area contributed by atoms with Crippen molar-refractivity contribution in [3.05, 3.63) is 29.8 Å². The summed E-state index contributed by atoms with van der Waals surface area (Å²) in [4.78, 5) is 2.30. The first-order chi connectivity index (χ1) is 11.4. The minimum Gasteiger partial charge on any atom is -0.428 e. The van der Waals surface area contributed by atoms with Crippen LogP contribution in [0.4, 0.5) is 17.6 Å². The van der Waals surface area contributed by atoms with Gasteiger partial charge in [-0.05, 0) is 24.1 Å². The van der Waals surface area contributed by atoms with Gasteiger partial charge < -0.3 is 10.1 Å². The lowest BCUT2D eigenvalue weighted by Crippen LogP contribution is -2.45. The average Bonchev–Trinajstić information content (AvgIpc) is 2.56. The second-order valence-corrected chi connectivity index (χ2v) is 5.98. The molecular formula is C17H25ClF4N2O. The molecule has 3 nitrogen and oxygen atoms in total. The van der Waals surface area contributed by atoms with Crippen LogP contribution in [0.1, 0.15) is 37.8 Å². The summed E-state index contributed by atoms with van der Waals surface area (Å²) in [5, 5.41) is 3.28. The molecule has 0 bridgehead atoms. The lowest BCUT2D eigenvalue weighted by molar-refractivity contribution is -0.253. The predicted octanol–water partition coefficient (Wildman–Crippen LogP) is 4.48. The lowest BCUT2D eigenvalue weighted by Gasteiger charge is -2.35. The fourth-order valence-electron chi connectivity index (χ4n) is 2.94. The first-order valence-corrected chi connectivity index (χ1v) is 8.33. The highest BCUT2D eigenvalue weighted by atomic mass is 35.5. The molecule has 0 saturated carbocycles. The van der Waals surface area contributed by atoms with Crippen molar-refractivity contribution >= 4 is 12.4 Å². The Balaban J connectivity index is 0.00000312. The molecule has 0 aromatic heterocycles. The highest BCUT2D eigenvalue weighted by Gasteiger charge is 2.44. The molecule has 144 valence electrons. The van der Waals surface area contributed by atoms with E-state index < -0.39 is 12.5 Å². The number of unbranched alkanes of at least 4 members (excludes halogenated alkanes) is 1. The zero-order chi connectivity index (χ0) is 17.6. The molecule has 1 aliphatic heterocycles. The van der Waals surface area contributed by atoms with Crippen LogP contribution in [0.5, 0.6) is 5.75 Å². The summed E-state index contributed by atoms with van der Waals surface area (Å²) in [5.74, 6) is -0.227. The van der Waals surface area contributed by atoms with Crippen LogP contribution in [0.25, 0.3) is 0 Å². The van der Waals surface area contributed by atoms with Crippen LogP contribution < -0.4 is 10.1 Å². The van der Waals surface area contributed by atoms with Gasteiger partial charge in [-0.15, -0.1) is 12.4 Å². The lowest BCUT2D eigenvalue weighted by atomic mass is 9.98. The van der Waals surface area contributed by atoms with E-state index in [0.29, 0.717) is 0 Å². The van der Waals surface area contributed by atoms with E-state index in [-0.39, 0.29) is 24.2 Å². The van der Waals surface area contributed by atoms with Gasteiger partial charge in [-0.25, -0.2) is 0 Å². The summed E-state index contributed by atoms with van der Waals surface area (Å²) in [5.41, 5.74) is 0.827. The number of benzene rings is 1. The highest BCUT2D eigenvalue weighted by Crippen LogP contribution is 2.32. The van der Waals surface area contributed by atoms with Crippen LogP contribution in [0.2, 0.25) is 0 Å². The molecule has 2 rings (SSSR count). The Morgan fingerprint density at radius 3 is 2.52 bits per heavy atom. The maximum absolute atomic E-state index is 13.1. The predicted molar refractivity (Wildman–Crippen MR) is 92.0 cm³/mol. The van der Waals surface area contributed by atoms with Gasteiger partial charge in [0.1, 0.15) is 5.75 Å². The van der Waals surface area contributed by atoms with Crippen LogP contribution in [0, 0.1) is 0 Å². The molecule has 25 heavy (non-hydrogen) atoms. The Morgan fingerprint density at radius 1 is 1.24 bits per heavy atom. The largest absolute Gasteiger partial charge is 0.461 e. The summed E-state index contributed by atoms with van der Waals surface area (Å²) < 4.78 is 55.1. The van der Waals surface area contributed by atoms with Crippen LogP contribution in [-0.4, -0.2) is 43.6 Å². The number of ether oxygens (including phenoxy) is 1. The normalized spacial score (nSPS) is 17.2. The third-order valence-electron chi connectivity index (χ3n) is 4.17. The van der Waals surface area contributed by atoms with E-state index in [4.69, 9.17) is 0 Å². The standard InChI is InChI=1S/C17H24F4N2O.ClH/c1-2-3-7-15(23-10-8-22-9-11-23)13-5-4-6-14(12-13)24-17(20,21)16(18)19;/h4-6,12,15-16,22H,2-3,7-11H2,1H3;1H/t15-;/m0./s1. The number of hydrogen-bond acceptors (Lipinski definition) is 3. The van der Waals surface area contributed by atoms with Gasteiger partial charge in [0.2, 0.25) is 0 Å². The third kappa shape index (κ3) is 6.31. The Hall–Kier alpha value is -1.05. The van der Waals surface area contributed by atoms with E-state index >= 15 is 0 Å². The van der Waals surface area contributed by atoms with Gasteiger partial charge in [0, 0.05) is 32.2 Å². The highest BCUT2D eigenvalue weighted by molar-refractivity contribution is 5.85. The summed E-state index contributed by atoms with van der Waals surface area (Å²) in [6.07, 6.45) is -5.41. The average molecular weight is 385 g/mol. The van der Waals surface area contributed by atoms with Crippen LogP contribution >= 0.6 is 12.4 Å². The first-order valence-electron chi connectivity index (χ1n) is 8.33. The van der Waals surface area contributed by atoms with Gasteiger partial charge in [0.05, 0.1) is 0 Å². The zero-order valence-electron chi connectivity index (χ0n) is 14.2. The number of halogens is 5. The maximum Gasteiger partial charge on any atom is 0.461 e. The number of piperazine rings is 1. The molecule has 1 N–H and O–H groups in total. The van der Waals surface area contributed by atoms with Gasteiger partial charge in [0.15, 0.2) is 0 Å². The minimum atomic E-state index is -4.48. The monoisotopic (exact) mass is 384 g/mol. The third-order valence-corrected chi connectivity index (χ3v) is 4.17. The van der Waals surface area contributed by atoms with Crippen molar-refractivity contribution in [3.8, 4) is 5.75 Å². The fraction of sp³-hybridized carbons (Fsp3) is 0.647. The van der Waals surface area contributed by atoms with E-state index in [9.17, 15) is 17.6 Å². The van der Waals surface area contributed by atoms with Crippen LogP contribution in [0.3, 0.4) is 0 Å². The molecule has 0 aliphatic carbocycles. The molecule has 0 radical (unpaired) electrons. The van der Waals surface area contributed by atoms with E-state index in [1.54, 1.807) is 6.07 Å². The van der Waals surface area contributed by atoms with Crippen molar-refractivity contribution < 1.29 is 22.3 Å². The van der Waals surface area contributed by atoms with Crippen molar-refractivity contribution in [2.24, 2.45) is 0 Å². The molecule has 0 spiro atoms. The summed E-state index contributed by atoms with van der Waals surface area (Å²) in [6.45, 7) is 5.58. The summed E-state index contributed by atoms with van der Waals surface area (Å²) in [7, 11) is 0. The molecule has 0 unspecified atom stereocenters. The quantitative estimate of drug-likeness (QED) is 0.669. The van der Waals surface area contributed by atoms with Gasteiger partial charge >= 0.3 is 12.5 Å². The summed E-state index contributed by atoms with van der Waals surface area (Å²) >= 11 is 0. The van der Waals surface area contributed by atoms with E-state index in [1.807, 2.05) is 6.07 Å². The molecule has 1 fully saturated rings. The molecule has 1 aliphatic rings. The Kier molecular flexibility index (Phi) is 8.96. The van der Waals surface area contributed by atoms with Crippen molar-refractivity contribution in [1.82, 2.24) is 10.2 Å². The smallest absolute Gasteiger partial charge is 0.428 e. The van der Waals surface area contributed by atoms with Crippen molar-refractivity contribution in [2.75, 3.05) is 26.2 Å². The van der Waals surface area contributed by atoms with Crippen molar-refractivity contribution in [2.45, 2.75) is 44.8 Å². The topological polar surface area (TPSA) is 24.5 Å². The van der Waals surface area contributed by atoms with E-state index in [0.717, 1.165) is 51.0 Å². The van der Waals surface area contributed by atoms with Gasteiger partial charge in [-0.1, -0.05) is 31.9 Å².